The second-order valence-electron chi connectivity index (χ2n) is 5.48. The van der Waals surface area contributed by atoms with Gasteiger partial charge in [-0.15, -0.1) is 0 Å². The standard InChI is InChI=1S/C13H23N3O3/c1-4-18-10-5-9(6-10)7-11-15-12(16-19-11)13(2,14)8-17-3/h9-10H,4-8,14H2,1-3H3. The van der Waals surface area contributed by atoms with Gasteiger partial charge in [0.2, 0.25) is 5.89 Å². The molecule has 0 spiro atoms. The quantitative estimate of drug-likeness (QED) is 0.802. The highest BCUT2D eigenvalue weighted by Gasteiger charge is 2.32. The molecule has 0 aromatic carbocycles. The summed E-state index contributed by atoms with van der Waals surface area (Å²) in [7, 11) is 1.61. The van der Waals surface area contributed by atoms with Crippen molar-refractivity contribution in [1.82, 2.24) is 10.1 Å². The number of ether oxygens (including phenoxy) is 2. The van der Waals surface area contributed by atoms with E-state index in [-0.39, 0.29) is 0 Å². The van der Waals surface area contributed by atoms with Gasteiger partial charge in [-0.1, -0.05) is 5.16 Å². The second-order valence-corrected chi connectivity index (χ2v) is 5.48. The monoisotopic (exact) mass is 269 g/mol. The number of nitrogens with zero attached hydrogens (tertiary/aromatic N) is 2. The van der Waals surface area contributed by atoms with Crippen molar-refractivity contribution in [3.8, 4) is 0 Å². The third kappa shape index (κ3) is 3.52. The first kappa shape index (κ1) is 14.4. The summed E-state index contributed by atoms with van der Waals surface area (Å²) in [5.41, 5.74) is 5.37. The fourth-order valence-corrected chi connectivity index (χ4v) is 2.39. The number of hydrogen-bond acceptors (Lipinski definition) is 6. The van der Waals surface area contributed by atoms with E-state index in [9.17, 15) is 0 Å². The lowest BCUT2D eigenvalue weighted by Gasteiger charge is -2.33. The Morgan fingerprint density at radius 3 is 2.84 bits per heavy atom. The molecule has 1 aromatic heterocycles. The van der Waals surface area contributed by atoms with E-state index in [1.54, 1.807) is 7.11 Å². The highest BCUT2D eigenvalue weighted by molar-refractivity contribution is 5.02. The summed E-state index contributed by atoms with van der Waals surface area (Å²) in [6, 6.07) is 0. The Bertz CT molecular complexity index is 400. The highest BCUT2D eigenvalue weighted by Crippen LogP contribution is 2.32. The van der Waals surface area contributed by atoms with Crippen LogP contribution in [0.1, 0.15) is 38.4 Å². The molecule has 1 heterocycles. The molecule has 1 unspecified atom stereocenters. The molecule has 1 aliphatic rings. The van der Waals surface area contributed by atoms with Gasteiger partial charge in [0.1, 0.15) is 5.54 Å². The van der Waals surface area contributed by atoms with E-state index in [1.165, 1.54) is 0 Å². The summed E-state index contributed by atoms with van der Waals surface area (Å²) >= 11 is 0. The van der Waals surface area contributed by atoms with Crippen molar-refractivity contribution in [2.75, 3.05) is 20.3 Å². The minimum absolute atomic E-state index is 0.363. The van der Waals surface area contributed by atoms with E-state index >= 15 is 0 Å². The van der Waals surface area contributed by atoms with E-state index in [4.69, 9.17) is 19.7 Å². The lowest BCUT2D eigenvalue weighted by atomic mass is 9.80. The Morgan fingerprint density at radius 2 is 2.21 bits per heavy atom. The molecular formula is C13H23N3O3. The fourth-order valence-electron chi connectivity index (χ4n) is 2.39. The summed E-state index contributed by atoms with van der Waals surface area (Å²) < 4.78 is 15.9. The predicted octanol–water partition coefficient (Wildman–Crippen LogP) is 1.25. The van der Waals surface area contributed by atoms with E-state index in [0.717, 1.165) is 25.9 Å². The normalized spacial score (nSPS) is 25.9. The Morgan fingerprint density at radius 1 is 1.47 bits per heavy atom. The van der Waals surface area contributed by atoms with Gasteiger partial charge in [-0.05, 0) is 32.6 Å². The Kier molecular flexibility index (Phi) is 4.54. The van der Waals surface area contributed by atoms with Gasteiger partial charge in [0, 0.05) is 20.1 Å². The van der Waals surface area contributed by atoms with Crippen molar-refractivity contribution in [2.45, 2.75) is 44.8 Å². The number of nitrogens with two attached hydrogens (primary N) is 1. The molecule has 1 aromatic rings. The van der Waals surface area contributed by atoms with Gasteiger partial charge in [0.15, 0.2) is 5.82 Å². The summed E-state index contributed by atoms with van der Waals surface area (Å²) in [5, 5.41) is 3.95. The molecule has 0 bridgehead atoms. The molecule has 0 radical (unpaired) electrons. The molecule has 6 nitrogen and oxygen atoms in total. The van der Waals surface area contributed by atoms with E-state index in [1.807, 2.05) is 13.8 Å². The van der Waals surface area contributed by atoms with Crippen LogP contribution in [0.25, 0.3) is 0 Å². The van der Waals surface area contributed by atoms with E-state index in [2.05, 4.69) is 10.1 Å². The number of aromatic nitrogens is 2. The zero-order chi connectivity index (χ0) is 13.9. The van der Waals surface area contributed by atoms with Crippen molar-refractivity contribution in [3.63, 3.8) is 0 Å². The van der Waals surface area contributed by atoms with Crippen LogP contribution >= 0.6 is 0 Å². The summed E-state index contributed by atoms with van der Waals surface area (Å²) in [6.45, 7) is 5.00. The Balaban J connectivity index is 1.85. The van der Waals surface area contributed by atoms with Crippen LogP contribution in [-0.4, -0.2) is 36.6 Å². The van der Waals surface area contributed by atoms with E-state index in [0.29, 0.717) is 30.3 Å². The van der Waals surface area contributed by atoms with Gasteiger partial charge in [-0.3, -0.25) is 0 Å². The molecule has 108 valence electrons. The van der Waals surface area contributed by atoms with E-state index < -0.39 is 5.54 Å². The van der Waals surface area contributed by atoms with Crippen LogP contribution in [0, 0.1) is 5.92 Å². The topological polar surface area (TPSA) is 83.4 Å². The lowest BCUT2D eigenvalue weighted by molar-refractivity contribution is -0.0258. The third-order valence-corrected chi connectivity index (χ3v) is 3.48. The molecule has 0 aliphatic heterocycles. The van der Waals surface area contributed by atoms with Gasteiger partial charge in [0.25, 0.3) is 0 Å². The number of hydrogen-bond donors (Lipinski definition) is 1. The van der Waals surface area contributed by atoms with Gasteiger partial charge >= 0.3 is 0 Å². The summed E-state index contributed by atoms with van der Waals surface area (Å²) in [4.78, 5) is 4.37. The molecule has 19 heavy (non-hydrogen) atoms. The van der Waals surface area contributed by atoms with Crippen molar-refractivity contribution < 1.29 is 14.0 Å². The first-order valence-electron chi connectivity index (χ1n) is 6.77. The van der Waals surface area contributed by atoms with Gasteiger partial charge in [-0.2, -0.15) is 4.98 Å². The zero-order valence-electron chi connectivity index (χ0n) is 11.9. The molecule has 6 heteroatoms. The SMILES string of the molecule is CCOC1CC(Cc2nc(C(C)(N)COC)no2)C1. The van der Waals surface area contributed by atoms with Crippen LogP contribution in [0.2, 0.25) is 0 Å². The maximum absolute atomic E-state index is 6.07. The maximum Gasteiger partial charge on any atom is 0.226 e. The lowest BCUT2D eigenvalue weighted by Crippen LogP contribution is -2.39. The maximum atomic E-state index is 6.07. The molecular weight excluding hydrogens is 246 g/mol. The first-order chi connectivity index (χ1) is 9.05. The Labute approximate surface area is 113 Å². The molecule has 1 aliphatic carbocycles. The van der Waals surface area contributed by atoms with Crippen LogP contribution < -0.4 is 5.73 Å². The van der Waals surface area contributed by atoms with Crippen LogP contribution in [0.5, 0.6) is 0 Å². The van der Waals surface area contributed by atoms with Crippen molar-refractivity contribution in [1.29, 1.82) is 0 Å². The average molecular weight is 269 g/mol. The van der Waals surface area contributed by atoms with Gasteiger partial charge in [-0.25, -0.2) is 0 Å². The second kappa shape index (κ2) is 5.98. The highest BCUT2D eigenvalue weighted by atomic mass is 16.5. The minimum atomic E-state index is -0.704. The molecule has 1 atom stereocenters. The van der Waals surface area contributed by atoms with Crippen LogP contribution in [0.15, 0.2) is 4.52 Å². The average Bonchev–Trinajstić information content (AvgIpc) is 2.75. The Hall–Kier alpha value is -0.980. The summed E-state index contributed by atoms with van der Waals surface area (Å²) in [5.74, 6) is 1.74. The number of methoxy groups -OCH3 is 1. The molecule has 2 N–H and O–H groups in total. The molecule has 1 fully saturated rings. The zero-order valence-corrected chi connectivity index (χ0v) is 11.9. The summed E-state index contributed by atoms with van der Waals surface area (Å²) in [6.07, 6.45) is 3.36. The van der Waals surface area contributed by atoms with Crippen LogP contribution in [-0.2, 0) is 21.4 Å². The molecule has 1 saturated carbocycles. The van der Waals surface area contributed by atoms with Gasteiger partial charge in [0.05, 0.1) is 12.7 Å². The van der Waals surface area contributed by atoms with Crippen LogP contribution in [0.4, 0.5) is 0 Å². The van der Waals surface area contributed by atoms with Crippen molar-refractivity contribution in [2.24, 2.45) is 11.7 Å². The molecule has 0 amide bonds. The van der Waals surface area contributed by atoms with Gasteiger partial charge < -0.3 is 19.7 Å². The number of rotatable bonds is 7. The molecule has 2 rings (SSSR count). The van der Waals surface area contributed by atoms with Crippen LogP contribution in [0.3, 0.4) is 0 Å². The predicted molar refractivity (Wildman–Crippen MR) is 69.6 cm³/mol. The fraction of sp³-hybridized carbons (Fsp3) is 0.846. The largest absolute Gasteiger partial charge is 0.382 e. The van der Waals surface area contributed by atoms with Crippen molar-refractivity contribution in [3.05, 3.63) is 11.7 Å². The first-order valence-corrected chi connectivity index (χ1v) is 6.77. The minimum Gasteiger partial charge on any atom is -0.382 e. The smallest absolute Gasteiger partial charge is 0.226 e. The van der Waals surface area contributed by atoms with Crippen molar-refractivity contribution >= 4 is 0 Å². The third-order valence-electron chi connectivity index (χ3n) is 3.48. The molecule has 0 saturated heterocycles.